The van der Waals surface area contributed by atoms with Crippen LogP contribution in [0, 0.1) is 0 Å². The summed E-state index contributed by atoms with van der Waals surface area (Å²) in [5.41, 5.74) is 0. The predicted octanol–water partition coefficient (Wildman–Crippen LogP) is 15.3. The molecule has 0 bridgehead atoms. The van der Waals surface area contributed by atoms with Crippen molar-refractivity contribution in [2.45, 2.75) is 232 Å². The van der Waals surface area contributed by atoms with Crippen LogP contribution in [0.25, 0.3) is 0 Å². The van der Waals surface area contributed by atoms with Crippen molar-refractivity contribution in [1.82, 2.24) is 0 Å². The number of carbonyl (C=O) groups excluding carboxylic acids is 3. The molecule has 0 amide bonds. The number of hydrogen-bond acceptors (Lipinski definition) is 6. The van der Waals surface area contributed by atoms with E-state index in [9.17, 15) is 14.4 Å². The summed E-state index contributed by atoms with van der Waals surface area (Å²) in [5, 5.41) is 0. The maximum atomic E-state index is 12.7. The van der Waals surface area contributed by atoms with Gasteiger partial charge in [-0.05, 0) is 77.0 Å². The number of hydrogen-bond donors (Lipinski definition) is 0. The Kier molecular flexibility index (Phi) is 43.5. The lowest BCUT2D eigenvalue weighted by atomic mass is 10.1. The molecule has 1 unspecified atom stereocenters. The Balaban J connectivity index is 4.33. The molecule has 0 spiro atoms. The van der Waals surface area contributed by atoms with Gasteiger partial charge >= 0.3 is 17.9 Å². The summed E-state index contributed by atoms with van der Waals surface area (Å²) in [6.07, 6.45) is 54.9. The third-order valence-electron chi connectivity index (χ3n) is 10.0. The molecule has 0 aromatic rings. The quantitative estimate of drug-likeness (QED) is 0.0265. The van der Waals surface area contributed by atoms with Gasteiger partial charge in [0.15, 0.2) is 6.10 Å². The predicted molar refractivity (Wildman–Crippen MR) is 242 cm³/mol. The fraction of sp³-hybridized carbons (Fsp3) is 0.745. The van der Waals surface area contributed by atoms with Crippen LogP contribution in [-0.4, -0.2) is 37.2 Å². The van der Waals surface area contributed by atoms with E-state index in [0.717, 1.165) is 109 Å². The zero-order chi connectivity index (χ0) is 41.5. The van der Waals surface area contributed by atoms with Crippen LogP contribution in [0.2, 0.25) is 0 Å². The van der Waals surface area contributed by atoms with Gasteiger partial charge in [-0.3, -0.25) is 14.4 Å². The van der Waals surface area contributed by atoms with Gasteiger partial charge in [0.25, 0.3) is 0 Å². The van der Waals surface area contributed by atoms with Crippen LogP contribution in [0.3, 0.4) is 0 Å². The zero-order valence-electron chi connectivity index (χ0n) is 37.3. The van der Waals surface area contributed by atoms with Crippen molar-refractivity contribution in [3.05, 3.63) is 60.8 Å². The summed E-state index contributed by atoms with van der Waals surface area (Å²) < 4.78 is 16.7. The molecule has 0 aromatic carbocycles. The largest absolute Gasteiger partial charge is 0.462 e. The van der Waals surface area contributed by atoms with Gasteiger partial charge in [0, 0.05) is 19.3 Å². The van der Waals surface area contributed by atoms with Crippen molar-refractivity contribution in [1.29, 1.82) is 0 Å². The molecule has 0 heterocycles. The van der Waals surface area contributed by atoms with Crippen LogP contribution in [0.5, 0.6) is 0 Å². The Morgan fingerprint density at radius 2 is 0.702 bits per heavy atom. The first-order valence-corrected chi connectivity index (χ1v) is 23.8. The van der Waals surface area contributed by atoms with E-state index in [1.807, 2.05) is 0 Å². The van der Waals surface area contributed by atoms with Crippen molar-refractivity contribution in [3.8, 4) is 0 Å². The number of esters is 3. The average Bonchev–Trinajstić information content (AvgIpc) is 3.21. The average molecular weight is 797 g/mol. The molecular weight excluding hydrogens is 709 g/mol. The number of carbonyl (C=O) groups is 3. The minimum atomic E-state index is -0.781. The molecular formula is C51H88O6. The van der Waals surface area contributed by atoms with Crippen LogP contribution in [0.15, 0.2) is 60.8 Å². The molecule has 328 valence electrons. The first-order chi connectivity index (χ1) is 28.0. The number of rotatable bonds is 42. The number of ether oxygens (including phenoxy) is 3. The van der Waals surface area contributed by atoms with Gasteiger partial charge < -0.3 is 14.2 Å². The fourth-order valence-corrected chi connectivity index (χ4v) is 6.41. The van der Waals surface area contributed by atoms with Crippen molar-refractivity contribution in [2.75, 3.05) is 13.2 Å². The van der Waals surface area contributed by atoms with Gasteiger partial charge in [0.05, 0.1) is 0 Å². The van der Waals surface area contributed by atoms with Gasteiger partial charge in [-0.25, -0.2) is 0 Å². The molecule has 0 aliphatic rings. The summed E-state index contributed by atoms with van der Waals surface area (Å²) in [4.78, 5) is 37.7. The fourth-order valence-electron chi connectivity index (χ4n) is 6.41. The number of unbranched alkanes of at least 4 members (excludes halogenated alkanes) is 21. The standard InChI is InChI=1S/C51H88O6/c1-4-7-10-13-16-19-22-23-24-25-26-27-28-29-30-33-35-38-41-44-50(53)56-47-48(57-51(54)45-42-39-36-32-21-18-15-12-9-6-3)46-55-49(52)43-40-37-34-31-20-17-14-11-8-5-2/h7,10,15-16,18-19,23-24,26-27,48H,4-6,8-9,11-14,17,20-22,25,28-47H2,1-3H3/b10-7-,18-15-,19-16-,24-23-,27-26-. The number of allylic oxidation sites excluding steroid dienone is 10. The van der Waals surface area contributed by atoms with Crippen LogP contribution in [0.4, 0.5) is 0 Å². The SMILES string of the molecule is CC/C=C\C/C=C\C/C=C\C/C=C\CCCCCCCCC(=O)OCC(COC(=O)CCCCCCCCCCCC)OC(=O)CCCCCC/C=C\CCCC. The lowest BCUT2D eigenvalue weighted by Gasteiger charge is -2.18. The van der Waals surface area contributed by atoms with Crippen molar-refractivity contribution in [3.63, 3.8) is 0 Å². The summed E-state index contributed by atoms with van der Waals surface area (Å²) in [5.74, 6) is -0.914. The van der Waals surface area contributed by atoms with Crippen LogP contribution in [-0.2, 0) is 28.6 Å². The minimum absolute atomic E-state index is 0.0824. The highest BCUT2D eigenvalue weighted by Gasteiger charge is 2.19. The van der Waals surface area contributed by atoms with E-state index < -0.39 is 6.10 Å². The normalized spacial score (nSPS) is 12.5. The van der Waals surface area contributed by atoms with E-state index in [2.05, 4.69) is 81.5 Å². The summed E-state index contributed by atoms with van der Waals surface area (Å²) in [6, 6.07) is 0. The first kappa shape index (κ1) is 54.1. The van der Waals surface area contributed by atoms with E-state index in [0.29, 0.717) is 19.3 Å². The Labute approximate surface area is 351 Å². The zero-order valence-corrected chi connectivity index (χ0v) is 37.3. The second-order valence-corrected chi connectivity index (χ2v) is 15.6. The Morgan fingerprint density at radius 3 is 1.14 bits per heavy atom. The molecule has 0 N–H and O–H groups in total. The Morgan fingerprint density at radius 1 is 0.368 bits per heavy atom. The van der Waals surface area contributed by atoms with Gasteiger partial charge in [-0.15, -0.1) is 0 Å². The van der Waals surface area contributed by atoms with Gasteiger partial charge in [-0.1, -0.05) is 191 Å². The van der Waals surface area contributed by atoms with Crippen molar-refractivity contribution < 1.29 is 28.6 Å². The highest BCUT2D eigenvalue weighted by Crippen LogP contribution is 2.14. The molecule has 57 heavy (non-hydrogen) atoms. The van der Waals surface area contributed by atoms with Gasteiger partial charge in [-0.2, -0.15) is 0 Å². The van der Waals surface area contributed by atoms with E-state index >= 15 is 0 Å². The highest BCUT2D eigenvalue weighted by molar-refractivity contribution is 5.71. The van der Waals surface area contributed by atoms with Gasteiger partial charge in [0.2, 0.25) is 0 Å². The van der Waals surface area contributed by atoms with Crippen molar-refractivity contribution >= 4 is 17.9 Å². The van der Waals surface area contributed by atoms with E-state index in [-0.39, 0.29) is 31.1 Å². The lowest BCUT2D eigenvalue weighted by molar-refractivity contribution is -0.167. The van der Waals surface area contributed by atoms with Crippen LogP contribution < -0.4 is 0 Å². The maximum absolute atomic E-state index is 12.7. The minimum Gasteiger partial charge on any atom is -0.462 e. The molecule has 0 rings (SSSR count). The second kappa shape index (κ2) is 45.8. The molecule has 0 radical (unpaired) electrons. The molecule has 0 aliphatic heterocycles. The molecule has 1 atom stereocenters. The van der Waals surface area contributed by atoms with Gasteiger partial charge in [0.1, 0.15) is 13.2 Å². The third-order valence-corrected chi connectivity index (χ3v) is 10.0. The first-order valence-electron chi connectivity index (χ1n) is 23.8. The topological polar surface area (TPSA) is 78.9 Å². The molecule has 6 nitrogen and oxygen atoms in total. The molecule has 0 aliphatic carbocycles. The summed E-state index contributed by atoms with van der Waals surface area (Å²) in [7, 11) is 0. The smallest absolute Gasteiger partial charge is 0.306 e. The third kappa shape index (κ3) is 44.1. The second-order valence-electron chi connectivity index (χ2n) is 15.6. The highest BCUT2D eigenvalue weighted by atomic mass is 16.6. The molecule has 0 saturated heterocycles. The van der Waals surface area contributed by atoms with Crippen molar-refractivity contribution in [2.24, 2.45) is 0 Å². The van der Waals surface area contributed by atoms with E-state index in [1.165, 1.54) is 77.0 Å². The Hall–Kier alpha value is -2.89. The van der Waals surface area contributed by atoms with Crippen LogP contribution in [0.1, 0.15) is 226 Å². The van der Waals surface area contributed by atoms with Crippen LogP contribution >= 0.6 is 0 Å². The molecule has 0 aromatic heterocycles. The molecule has 0 saturated carbocycles. The Bertz CT molecular complexity index is 1050. The molecule has 6 heteroatoms. The monoisotopic (exact) mass is 797 g/mol. The summed E-state index contributed by atoms with van der Waals surface area (Å²) >= 11 is 0. The van der Waals surface area contributed by atoms with E-state index in [4.69, 9.17) is 14.2 Å². The lowest BCUT2D eigenvalue weighted by Crippen LogP contribution is -2.30. The molecule has 0 fully saturated rings. The summed E-state index contributed by atoms with van der Waals surface area (Å²) in [6.45, 7) is 6.44. The van der Waals surface area contributed by atoms with E-state index in [1.54, 1.807) is 0 Å². The maximum Gasteiger partial charge on any atom is 0.306 e.